The van der Waals surface area contributed by atoms with Crippen LogP contribution in [0.1, 0.15) is 32.8 Å². The Morgan fingerprint density at radius 3 is 2.54 bits per heavy atom. The van der Waals surface area contributed by atoms with Crippen molar-refractivity contribution in [1.29, 1.82) is 0 Å². The van der Waals surface area contributed by atoms with Crippen molar-refractivity contribution in [2.75, 3.05) is 39.8 Å². The third-order valence-corrected chi connectivity index (χ3v) is 4.89. The molecule has 0 radical (unpaired) electrons. The molecule has 1 N–H and O–H groups in total. The Kier molecular flexibility index (Phi) is 8.32. The van der Waals surface area contributed by atoms with Crippen LogP contribution < -0.4 is 4.74 Å². The molecule has 1 amide bonds. The highest BCUT2D eigenvalue weighted by Gasteiger charge is 2.12. The Labute approximate surface area is 166 Å². The van der Waals surface area contributed by atoms with Gasteiger partial charge in [0.2, 0.25) is 0 Å². The monoisotopic (exact) mass is 389 g/mol. The lowest BCUT2D eigenvalue weighted by molar-refractivity contribution is -0.144. The zero-order chi connectivity index (χ0) is 20.5. The number of fused-ring (bicyclic) bond motifs is 1. The SMILES string of the molecule is CCN(CC)CCOC(=O)CCc1c[nH]c2cc(OC(=O)N(C)CC)ccc12. The zero-order valence-electron chi connectivity index (χ0n) is 17.3. The highest BCUT2D eigenvalue weighted by atomic mass is 16.6. The third kappa shape index (κ3) is 5.99. The Morgan fingerprint density at radius 1 is 1.11 bits per heavy atom. The van der Waals surface area contributed by atoms with Gasteiger partial charge in [-0.1, -0.05) is 13.8 Å². The predicted octanol–water partition coefficient (Wildman–Crippen LogP) is 3.44. The van der Waals surface area contributed by atoms with Gasteiger partial charge in [0, 0.05) is 49.7 Å². The second-order valence-corrected chi connectivity index (χ2v) is 6.65. The average molecular weight is 389 g/mol. The van der Waals surface area contributed by atoms with Crippen LogP contribution in [0.25, 0.3) is 10.9 Å². The minimum absolute atomic E-state index is 0.186. The second-order valence-electron chi connectivity index (χ2n) is 6.65. The molecule has 0 bridgehead atoms. The first-order valence-corrected chi connectivity index (χ1v) is 9.89. The smallest absolute Gasteiger partial charge is 0.414 e. The van der Waals surface area contributed by atoms with Crippen molar-refractivity contribution >= 4 is 23.0 Å². The summed E-state index contributed by atoms with van der Waals surface area (Å²) in [5, 5.41) is 1.01. The number of esters is 1. The van der Waals surface area contributed by atoms with Crippen LogP contribution in [0.3, 0.4) is 0 Å². The van der Waals surface area contributed by atoms with Gasteiger partial charge in [-0.2, -0.15) is 0 Å². The number of benzene rings is 1. The molecule has 0 saturated heterocycles. The van der Waals surface area contributed by atoms with E-state index in [0.717, 1.165) is 36.1 Å². The first-order valence-electron chi connectivity index (χ1n) is 9.89. The van der Waals surface area contributed by atoms with E-state index in [0.29, 0.717) is 31.7 Å². The van der Waals surface area contributed by atoms with Crippen molar-refractivity contribution in [2.45, 2.75) is 33.6 Å². The lowest BCUT2D eigenvalue weighted by atomic mass is 10.1. The summed E-state index contributed by atoms with van der Waals surface area (Å²) in [6.45, 7) is 9.75. The molecule has 0 spiro atoms. The molecule has 0 aliphatic carbocycles. The summed E-state index contributed by atoms with van der Waals surface area (Å²) >= 11 is 0. The van der Waals surface area contributed by atoms with Crippen LogP contribution in [-0.2, 0) is 16.0 Å². The fourth-order valence-electron chi connectivity index (χ4n) is 2.88. The largest absolute Gasteiger partial charge is 0.464 e. The molecule has 1 aromatic heterocycles. The Balaban J connectivity index is 1.88. The minimum atomic E-state index is -0.388. The van der Waals surface area contributed by atoms with Gasteiger partial charge in [-0.25, -0.2) is 4.79 Å². The molecule has 0 atom stereocenters. The van der Waals surface area contributed by atoms with Crippen molar-refractivity contribution in [3.05, 3.63) is 30.0 Å². The van der Waals surface area contributed by atoms with E-state index in [1.165, 1.54) is 4.90 Å². The van der Waals surface area contributed by atoms with Gasteiger partial charge in [0.05, 0.1) is 0 Å². The van der Waals surface area contributed by atoms with E-state index in [1.807, 2.05) is 19.2 Å². The van der Waals surface area contributed by atoms with Gasteiger partial charge in [-0.15, -0.1) is 0 Å². The summed E-state index contributed by atoms with van der Waals surface area (Å²) in [5.74, 6) is 0.302. The first-order chi connectivity index (χ1) is 13.5. The molecule has 0 saturated carbocycles. The maximum atomic E-state index is 12.0. The number of ether oxygens (including phenoxy) is 2. The van der Waals surface area contributed by atoms with Crippen molar-refractivity contribution < 1.29 is 19.1 Å². The second kappa shape index (κ2) is 10.7. The third-order valence-electron chi connectivity index (χ3n) is 4.89. The normalized spacial score (nSPS) is 11.0. The lowest BCUT2D eigenvalue weighted by Gasteiger charge is -2.17. The molecule has 1 heterocycles. The lowest BCUT2D eigenvalue weighted by Crippen LogP contribution is -2.29. The molecule has 0 fully saturated rings. The van der Waals surface area contributed by atoms with Crippen LogP contribution in [0, 0.1) is 0 Å². The van der Waals surface area contributed by atoms with Crippen molar-refractivity contribution in [3.63, 3.8) is 0 Å². The van der Waals surface area contributed by atoms with Gasteiger partial charge in [0.25, 0.3) is 0 Å². The fraction of sp³-hybridized carbons (Fsp3) is 0.524. The van der Waals surface area contributed by atoms with E-state index in [4.69, 9.17) is 9.47 Å². The van der Waals surface area contributed by atoms with Gasteiger partial charge in [-0.05, 0) is 44.1 Å². The molecule has 0 unspecified atom stereocenters. The van der Waals surface area contributed by atoms with E-state index >= 15 is 0 Å². The van der Waals surface area contributed by atoms with Crippen LogP contribution >= 0.6 is 0 Å². The number of nitrogens with one attached hydrogen (secondary N) is 1. The summed E-state index contributed by atoms with van der Waals surface area (Å²) in [7, 11) is 1.69. The van der Waals surface area contributed by atoms with Crippen LogP contribution in [0.4, 0.5) is 4.79 Å². The summed E-state index contributed by atoms with van der Waals surface area (Å²) in [6, 6.07) is 5.47. The van der Waals surface area contributed by atoms with Crippen LogP contribution in [0.5, 0.6) is 5.75 Å². The van der Waals surface area contributed by atoms with Crippen molar-refractivity contribution in [2.24, 2.45) is 0 Å². The highest BCUT2D eigenvalue weighted by molar-refractivity contribution is 5.85. The Morgan fingerprint density at radius 2 is 1.86 bits per heavy atom. The van der Waals surface area contributed by atoms with Crippen molar-refractivity contribution in [3.8, 4) is 5.75 Å². The Hall–Kier alpha value is -2.54. The molecule has 1 aromatic carbocycles. The number of nitrogens with zero attached hydrogens (tertiary/aromatic N) is 2. The zero-order valence-corrected chi connectivity index (χ0v) is 17.3. The number of hydrogen-bond acceptors (Lipinski definition) is 5. The van der Waals surface area contributed by atoms with Crippen LogP contribution in [0.15, 0.2) is 24.4 Å². The number of H-pyrrole nitrogens is 1. The quantitative estimate of drug-likeness (QED) is 0.630. The number of carbonyl (C=O) groups excluding carboxylic acids is 2. The molecule has 2 aromatic rings. The molecule has 154 valence electrons. The Bertz CT molecular complexity index is 783. The number of rotatable bonds is 10. The van der Waals surface area contributed by atoms with Gasteiger partial charge in [0.1, 0.15) is 12.4 Å². The van der Waals surface area contributed by atoms with E-state index in [-0.39, 0.29) is 12.1 Å². The average Bonchev–Trinajstić information content (AvgIpc) is 3.11. The number of aromatic nitrogens is 1. The molecule has 0 aliphatic heterocycles. The number of likely N-dealkylation sites (N-methyl/N-ethyl adjacent to an activating group) is 1. The maximum Gasteiger partial charge on any atom is 0.414 e. The number of aromatic amines is 1. The standard InChI is InChI=1S/C21H31N3O4/c1-5-23(4)21(26)28-17-9-10-18-16(15-22-19(18)14-17)8-11-20(25)27-13-12-24(6-2)7-3/h9-10,14-15,22H,5-8,11-13H2,1-4H3. The van der Waals surface area contributed by atoms with Crippen LogP contribution in [0.2, 0.25) is 0 Å². The predicted molar refractivity (Wildman–Crippen MR) is 110 cm³/mol. The number of hydrogen-bond donors (Lipinski definition) is 1. The van der Waals surface area contributed by atoms with Gasteiger partial charge in [0.15, 0.2) is 0 Å². The van der Waals surface area contributed by atoms with Gasteiger partial charge < -0.3 is 24.3 Å². The molecule has 28 heavy (non-hydrogen) atoms. The fourth-order valence-corrected chi connectivity index (χ4v) is 2.88. The van der Waals surface area contributed by atoms with Crippen LogP contribution in [-0.4, -0.2) is 66.7 Å². The number of amides is 1. The van der Waals surface area contributed by atoms with Crippen molar-refractivity contribution in [1.82, 2.24) is 14.8 Å². The topological polar surface area (TPSA) is 74.9 Å². The summed E-state index contributed by atoms with van der Waals surface area (Å²) < 4.78 is 10.7. The molecular formula is C21H31N3O4. The molecule has 7 heteroatoms. The van der Waals surface area contributed by atoms with E-state index in [2.05, 4.69) is 23.7 Å². The molecular weight excluding hydrogens is 358 g/mol. The molecule has 7 nitrogen and oxygen atoms in total. The minimum Gasteiger partial charge on any atom is -0.464 e. The molecule has 2 rings (SSSR count). The number of carbonyl (C=O) groups is 2. The molecule has 0 aliphatic rings. The van der Waals surface area contributed by atoms with E-state index in [1.54, 1.807) is 19.2 Å². The highest BCUT2D eigenvalue weighted by Crippen LogP contribution is 2.24. The van der Waals surface area contributed by atoms with Gasteiger partial charge >= 0.3 is 12.1 Å². The number of aryl methyl sites for hydroxylation is 1. The summed E-state index contributed by atoms with van der Waals surface area (Å²) in [4.78, 5) is 30.7. The summed E-state index contributed by atoms with van der Waals surface area (Å²) in [5.41, 5.74) is 1.91. The van der Waals surface area contributed by atoms with Gasteiger partial charge in [-0.3, -0.25) is 4.79 Å². The summed E-state index contributed by atoms with van der Waals surface area (Å²) in [6.07, 6.45) is 2.43. The van der Waals surface area contributed by atoms with E-state index < -0.39 is 0 Å². The first kappa shape index (κ1) is 21.8. The maximum absolute atomic E-state index is 12.0. The van der Waals surface area contributed by atoms with E-state index in [9.17, 15) is 9.59 Å².